The van der Waals surface area contributed by atoms with Crippen molar-refractivity contribution in [1.29, 1.82) is 0 Å². The monoisotopic (exact) mass is 184 g/mol. The van der Waals surface area contributed by atoms with Crippen LogP contribution in [-0.2, 0) is 4.79 Å². The number of nitrogens with zero attached hydrogens (tertiary/aromatic N) is 1. The lowest BCUT2D eigenvalue weighted by Crippen LogP contribution is -2.55. The maximum Gasteiger partial charge on any atom is 0.308 e. The van der Waals surface area contributed by atoms with Crippen LogP contribution in [0.1, 0.15) is 19.3 Å². The molecule has 2 aliphatic heterocycles. The molecule has 2 rings (SSSR count). The second-order valence-corrected chi connectivity index (χ2v) is 4.06. The van der Waals surface area contributed by atoms with Gasteiger partial charge in [0.2, 0.25) is 0 Å². The van der Waals surface area contributed by atoms with Crippen LogP contribution in [0.25, 0.3) is 0 Å². The van der Waals surface area contributed by atoms with Gasteiger partial charge in [-0.1, -0.05) is 0 Å². The van der Waals surface area contributed by atoms with Crippen molar-refractivity contribution in [3.63, 3.8) is 0 Å². The second-order valence-electron chi connectivity index (χ2n) is 4.06. The standard InChI is InChI=1S/C9H16N2O2/c10-8-6(9(12)13)3-5-11-4-1-2-7(8)11/h6-8H,1-5,10H2,(H,12,13). The molecule has 0 spiro atoms. The van der Waals surface area contributed by atoms with Gasteiger partial charge in [-0.3, -0.25) is 9.69 Å². The van der Waals surface area contributed by atoms with Gasteiger partial charge in [0.05, 0.1) is 5.92 Å². The Bertz CT molecular complexity index is 220. The number of nitrogens with two attached hydrogens (primary N) is 1. The zero-order chi connectivity index (χ0) is 9.42. The molecule has 0 radical (unpaired) electrons. The molecule has 4 nitrogen and oxygen atoms in total. The van der Waals surface area contributed by atoms with Gasteiger partial charge in [-0.15, -0.1) is 0 Å². The first-order chi connectivity index (χ1) is 6.20. The van der Waals surface area contributed by atoms with Crippen molar-refractivity contribution in [2.45, 2.75) is 31.3 Å². The van der Waals surface area contributed by atoms with Gasteiger partial charge in [0.15, 0.2) is 0 Å². The molecule has 74 valence electrons. The van der Waals surface area contributed by atoms with Crippen molar-refractivity contribution in [3.8, 4) is 0 Å². The van der Waals surface area contributed by atoms with Gasteiger partial charge in [0.25, 0.3) is 0 Å². The number of carbonyl (C=O) groups is 1. The Labute approximate surface area is 77.7 Å². The zero-order valence-corrected chi connectivity index (χ0v) is 7.65. The fraction of sp³-hybridized carbons (Fsp3) is 0.889. The van der Waals surface area contributed by atoms with Crippen molar-refractivity contribution in [2.75, 3.05) is 13.1 Å². The predicted octanol–water partition coefficient (Wildman–Crippen LogP) is -0.117. The number of hydrogen-bond donors (Lipinski definition) is 2. The normalized spacial score (nSPS) is 40.2. The Hall–Kier alpha value is -0.610. The number of carboxylic acids is 1. The first kappa shape index (κ1) is 8.97. The van der Waals surface area contributed by atoms with Crippen LogP contribution in [-0.4, -0.2) is 41.1 Å². The molecule has 3 atom stereocenters. The van der Waals surface area contributed by atoms with Crippen molar-refractivity contribution in [1.82, 2.24) is 4.90 Å². The minimum Gasteiger partial charge on any atom is -0.481 e. The van der Waals surface area contributed by atoms with E-state index in [0.717, 1.165) is 19.5 Å². The van der Waals surface area contributed by atoms with Gasteiger partial charge in [-0.2, -0.15) is 0 Å². The highest BCUT2D eigenvalue weighted by Gasteiger charge is 2.41. The maximum absolute atomic E-state index is 10.9. The molecule has 0 bridgehead atoms. The van der Waals surface area contributed by atoms with E-state index in [9.17, 15) is 4.79 Å². The van der Waals surface area contributed by atoms with Crippen molar-refractivity contribution < 1.29 is 9.90 Å². The number of hydrogen-bond acceptors (Lipinski definition) is 3. The lowest BCUT2D eigenvalue weighted by atomic mass is 9.86. The number of carboxylic acid groups (broad SMARTS) is 1. The molecule has 0 aromatic rings. The van der Waals surface area contributed by atoms with E-state index >= 15 is 0 Å². The highest BCUT2D eigenvalue weighted by Crippen LogP contribution is 2.29. The van der Waals surface area contributed by atoms with Gasteiger partial charge >= 0.3 is 5.97 Å². The molecule has 2 fully saturated rings. The lowest BCUT2D eigenvalue weighted by molar-refractivity contribution is -0.144. The molecule has 4 heteroatoms. The van der Waals surface area contributed by atoms with E-state index in [1.807, 2.05) is 0 Å². The van der Waals surface area contributed by atoms with Crippen LogP contribution in [0.4, 0.5) is 0 Å². The average molecular weight is 184 g/mol. The fourth-order valence-electron chi connectivity index (χ4n) is 2.62. The largest absolute Gasteiger partial charge is 0.481 e. The molecule has 2 saturated heterocycles. The van der Waals surface area contributed by atoms with Gasteiger partial charge in [-0.25, -0.2) is 0 Å². The smallest absolute Gasteiger partial charge is 0.308 e. The Kier molecular flexibility index (Phi) is 2.26. The quantitative estimate of drug-likeness (QED) is 0.596. The molecule has 0 amide bonds. The topological polar surface area (TPSA) is 66.6 Å². The van der Waals surface area contributed by atoms with Gasteiger partial charge in [0.1, 0.15) is 0 Å². The van der Waals surface area contributed by atoms with E-state index in [1.165, 1.54) is 6.42 Å². The Morgan fingerprint density at radius 3 is 2.85 bits per heavy atom. The summed E-state index contributed by atoms with van der Waals surface area (Å²) in [5.74, 6) is -1.04. The van der Waals surface area contributed by atoms with Crippen LogP contribution < -0.4 is 5.73 Å². The van der Waals surface area contributed by atoms with E-state index in [1.54, 1.807) is 0 Å². The van der Waals surface area contributed by atoms with Crippen molar-refractivity contribution >= 4 is 5.97 Å². The Morgan fingerprint density at radius 2 is 2.15 bits per heavy atom. The second kappa shape index (κ2) is 3.27. The predicted molar refractivity (Wildman–Crippen MR) is 48.3 cm³/mol. The molecule has 3 N–H and O–H groups in total. The Balaban J connectivity index is 2.08. The summed E-state index contributed by atoms with van der Waals surface area (Å²) in [6.07, 6.45) is 2.96. The number of aliphatic carboxylic acids is 1. The minimum absolute atomic E-state index is 0.159. The third-order valence-corrected chi connectivity index (χ3v) is 3.37. The fourth-order valence-corrected chi connectivity index (χ4v) is 2.62. The van der Waals surface area contributed by atoms with Crippen LogP contribution in [0, 0.1) is 5.92 Å². The van der Waals surface area contributed by atoms with Crippen molar-refractivity contribution in [3.05, 3.63) is 0 Å². The van der Waals surface area contributed by atoms with E-state index in [2.05, 4.69) is 4.90 Å². The van der Waals surface area contributed by atoms with Crippen LogP contribution >= 0.6 is 0 Å². The number of piperidine rings is 1. The molecule has 0 aromatic carbocycles. The van der Waals surface area contributed by atoms with E-state index in [0.29, 0.717) is 12.5 Å². The van der Waals surface area contributed by atoms with E-state index in [-0.39, 0.29) is 12.0 Å². The molecule has 0 aliphatic carbocycles. The molecule has 2 heterocycles. The first-order valence-corrected chi connectivity index (χ1v) is 4.92. The highest BCUT2D eigenvalue weighted by molar-refractivity contribution is 5.71. The number of fused-ring (bicyclic) bond motifs is 1. The third-order valence-electron chi connectivity index (χ3n) is 3.37. The maximum atomic E-state index is 10.9. The van der Waals surface area contributed by atoms with Crippen LogP contribution in [0.2, 0.25) is 0 Å². The van der Waals surface area contributed by atoms with Crippen LogP contribution in [0.15, 0.2) is 0 Å². The van der Waals surface area contributed by atoms with E-state index in [4.69, 9.17) is 10.8 Å². The highest BCUT2D eigenvalue weighted by atomic mass is 16.4. The summed E-state index contributed by atoms with van der Waals surface area (Å²) in [7, 11) is 0. The molecule has 3 unspecified atom stereocenters. The summed E-state index contributed by atoms with van der Waals surface area (Å²) in [6.45, 7) is 2.01. The molecule has 2 aliphatic rings. The molecular formula is C9H16N2O2. The summed E-state index contributed by atoms with van der Waals surface area (Å²) in [4.78, 5) is 13.2. The summed E-state index contributed by atoms with van der Waals surface area (Å²) in [5, 5.41) is 8.93. The van der Waals surface area contributed by atoms with Crippen molar-refractivity contribution in [2.24, 2.45) is 11.7 Å². The minimum atomic E-state index is -0.723. The summed E-state index contributed by atoms with van der Waals surface area (Å²) in [6, 6.07) is 0.170. The summed E-state index contributed by atoms with van der Waals surface area (Å²) in [5.41, 5.74) is 5.94. The first-order valence-electron chi connectivity index (χ1n) is 4.92. The van der Waals surface area contributed by atoms with Gasteiger partial charge in [0, 0.05) is 12.1 Å². The third kappa shape index (κ3) is 1.44. The number of rotatable bonds is 1. The Morgan fingerprint density at radius 1 is 1.38 bits per heavy atom. The molecule has 13 heavy (non-hydrogen) atoms. The SMILES string of the molecule is NC1C(C(=O)O)CCN2CCCC12. The lowest BCUT2D eigenvalue weighted by Gasteiger charge is -2.38. The zero-order valence-electron chi connectivity index (χ0n) is 7.65. The molecule has 0 aromatic heterocycles. The van der Waals surface area contributed by atoms with Gasteiger partial charge in [-0.05, 0) is 32.4 Å². The summed E-state index contributed by atoms with van der Waals surface area (Å²) < 4.78 is 0. The van der Waals surface area contributed by atoms with Gasteiger partial charge < -0.3 is 10.8 Å². The van der Waals surface area contributed by atoms with Crippen LogP contribution in [0.5, 0.6) is 0 Å². The molecular weight excluding hydrogens is 168 g/mol. The molecule has 0 saturated carbocycles. The van der Waals surface area contributed by atoms with E-state index < -0.39 is 5.97 Å². The van der Waals surface area contributed by atoms with Crippen LogP contribution in [0.3, 0.4) is 0 Å². The average Bonchev–Trinajstić information content (AvgIpc) is 2.52. The summed E-state index contributed by atoms with van der Waals surface area (Å²) >= 11 is 0.